The van der Waals surface area contributed by atoms with Crippen LogP contribution in [0.2, 0.25) is 0 Å². The van der Waals surface area contributed by atoms with Crippen molar-refractivity contribution < 1.29 is 0 Å². The number of rotatable bonds is 0. The van der Waals surface area contributed by atoms with Gasteiger partial charge in [0.05, 0.1) is 0 Å². The van der Waals surface area contributed by atoms with Gasteiger partial charge in [-0.2, -0.15) is 0 Å². The second kappa shape index (κ2) is 2.35. The number of nitrogens with two attached hydrogens (primary N) is 2. The largest absolute Gasteiger partial charge is 0.327 e. The monoisotopic (exact) mass is 192 g/mol. The molecule has 4 unspecified atom stereocenters. The summed E-state index contributed by atoms with van der Waals surface area (Å²) in [5.74, 6) is 5.30. The molecule has 0 radical (unpaired) electrons. The predicted molar refractivity (Wildman–Crippen MR) is 55.4 cm³/mol. The third kappa shape index (κ3) is 0.674. The lowest BCUT2D eigenvalue weighted by Crippen LogP contribution is -2.34. The van der Waals surface area contributed by atoms with Gasteiger partial charge in [-0.05, 0) is 61.2 Å². The fraction of sp³-hybridized carbons (Fsp3) is 1.00. The Hall–Kier alpha value is -0.0800. The highest BCUT2D eigenvalue weighted by atomic mass is 14.9. The van der Waals surface area contributed by atoms with E-state index in [1.54, 1.807) is 0 Å². The Balaban J connectivity index is 1.82. The Bertz CT molecular complexity index is 225. The smallest absolute Gasteiger partial charge is 0.0101 e. The lowest BCUT2D eigenvalue weighted by Gasteiger charge is -2.18. The second-order valence-corrected chi connectivity index (χ2v) is 6.12. The maximum Gasteiger partial charge on any atom is 0.0101 e. The molecule has 4 rings (SSSR count). The zero-order chi connectivity index (χ0) is 9.45. The van der Waals surface area contributed by atoms with Gasteiger partial charge in [0, 0.05) is 12.1 Å². The normalized spacial score (nSPS) is 69.0. The van der Waals surface area contributed by atoms with Crippen molar-refractivity contribution in [1.29, 1.82) is 0 Å². The summed E-state index contributed by atoms with van der Waals surface area (Å²) in [6.07, 6.45) is 5.52. The maximum atomic E-state index is 6.39. The molecule has 0 aromatic carbocycles. The van der Waals surface area contributed by atoms with E-state index in [0.717, 1.165) is 35.5 Å². The summed E-state index contributed by atoms with van der Waals surface area (Å²) in [5, 5.41) is 0. The van der Waals surface area contributed by atoms with Crippen LogP contribution in [-0.4, -0.2) is 12.1 Å². The van der Waals surface area contributed by atoms with E-state index in [4.69, 9.17) is 11.5 Å². The molecule has 78 valence electrons. The first-order chi connectivity index (χ1) is 6.79. The standard InChI is InChI=1S/C12H20N2/c13-11-5-1-2-6-9(5)10-7(11)3-4-8(10)12(6)14/h5-12H,1-4,13-14H2/t5-,6-,7-,8+,9?,10?,11?,12?/m0/s1. The molecule has 2 nitrogen and oxygen atoms in total. The van der Waals surface area contributed by atoms with E-state index < -0.39 is 0 Å². The van der Waals surface area contributed by atoms with E-state index in [2.05, 4.69) is 0 Å². The summed E-state index contributed by atoms with van der Waals surface area (Å²) in [6.45, 7) is 0. The van der Waals surface area contributed by atoms with Crippen LogP contribution in [-0.2, 0) is 0 Å². The summed E-state index contributed by atoms with van der Waals surface area (Å²) >= 11 is 0. The first-order valence-corrected chi connectivity index (χ1v) is 6.30. The average Bonchev–Trinajstić information content (AvgIpc) is 2.83. The van der Waals surface area contributed by atoms with Crippen molar-refractivity contribution in [3.05, 3.63) is 0 Å². The molecule has 4 fully saturated rings. The van der Waals surface area contributed by atoms with Gasteiger partial charge in [-0.25, -0.2) is 0 Å². The fourth-order valence-electron chi connectivity index (χ4n) is 5.75. The minimum atomic E-state index is 0.535. The molecule has 0 amide bonds. The van der Waals surface area contributed by atoms with Gasteiger partial charge in [0.15, 0.2) is 0 Å². The molecule has 4 saturated carbocycles. The van der Waals surface area contributed by atoms with Gasteiger partial charge in [0.1, 0.15) is 0 Å². The van der Waals surface area contributed by atoms with E-state index in [9.17, 15) is 0 Å². The van der Waals surface area contributed by atoms with Crippen LogP contribution in [0.15, 0.2) is 0 Å². The minimum absolute atomic E-state index is 0.535. The van der Waals surface area contributed by atoms with Crippen molar-refractivity contribution in [2.45, 2.75) is 37.8 Å². The van der Waals surface area contributed by atoms with Gasteiger partial charge in [-0.15, -0.1) is 0 Å². The van der Waals surface area contributed by atoms with Crippen LogP contribution in [0.4, 0.5) is 0 Å². The first-order valence-electron chi connectivity index (χ1n) is 6.30. The molecule has 4 aliphatic carbocycles. The van der Waals surface area contributed by atoms with E-state index in [1.807, 2.05) is 0 Å². The fourth-order valence-corrected chi connectivity index (χ4v) is 5.75. The van der Waals surface area contributed by atoms with Crippen LogP contribution in [0.1, 0.15) is 25.7 Å². The highest BCUT2D eigenvalue weighted by Crippen LogP contribution is 2.66. The quantitative estimate of drug-likeness (QED) is 0.600. The Morgan fingerprint density at radius 2 is 0.857 bits per heavy atom. The Morgan fingerprint density at radius 1 is 0.571 bits per heavy atom. The molecule has 0 aliphatic heterocycles. The topological polar surface area (TPSA) is 52.0 Å². The molecule has 4 N–H and O–H groups in total. The first kappa shape index (κ1) is 8.12. The highest BCUT2D eigenvalue weighted by molar-refractivity contribution is 5.17. The van der Waals surface area contributed by atoms with Gasteiger partial charge >= 0.3 is 0 Å². The lowest BCUT2D eigenvalue weighted by molar-refractivity contribution is 0.322. The minimum Gasteiger partial charge on any atom is -0.327 e. The predicted octanol–water partition coefficient (Wildman–Crippen LogP) is 0.953. The van der Waals surface area contributed by atoms with Crippen molar-refractivity contribution in [1.82, 2.24) is 0 Å². The molecule has 2 heteroatoms. The van der Waals surface area contributed by atoms with Gasteiger partial charge in [0.25, 0.3) is 0 Å². The van der Waals surface area contributed by atoms with Gasteiger partial charge in [-0.1, -0.05) is 0 Å². The molecule has 0 bridgehead atoms. The van der Waals surface area contributed by atoms with Crippen molar-refractivity contribution in [2.75, 3.05) is 0 Å². The van der Waals surface area contributed by atoms with E-state index in [-0.39, 0.29) is 0 Å². The summed E-state index contributed by atoms with van der Waals surface area (Å²) in [6, 6.07) is 1.07. The molecular weight excluding hydrogens is 172 g/mol. The van der Waals surface area contributed by atoms with E-state index in [1.165, 1.54) is 25.7 Å². The highest BCUT2D eigenvalue weighted by Gasteiger charge is 2.65. The second-order valence-electron chi connectivity index (χ2n) is 6.12. The molecule has 4 aliphatic rings. The van der Waals surface area contributed by atoms with Crippen molar-refractivity contribution in [3.63, 3.8) is 0 Å². The zero-order valence-corrected chi connectivity index (χ0v) is 8.60. The van der Waals surface area contributed by atoms with Gasteiger partial charge < -0.3 is 11.5 Å². The number of hydrogen-bond donors (Lipinski definition) is 2. The van der Waals surface area contributed by atoms with Crippen molar-refractivity contribution >= 4 is 0 Å². The molecule has 8 atom stereocenters. The van der Waals surface area contributed by atoms with Crippen molar-refractivity contribution in [2.24, 2.45) is 47.0 Å². The summed E-state index contributed by atoms with van der Waals surface area (Å²) in [5.41, 5.74) is 12.8. The van der Waals surface area contributed by atoms with Gasteiger partial charge in [0.2, 0.25) is 0 Å². The molecule has 0 aromatic heterocycles. The Morgan fingerprint density at radius 3 is 1.14 bits per heavy atom. The van der Waals surface area contributed by atoms with Crippen LogP contribution in [0.3, 0.4) is 0 Å². The molecular formula is C12H20N2. The molecule has 0 aromatic rings. The maximum absolute atomic E-state index is 6.39. The summed E-state index contributed by atoms with van der Waals surface area (Å²) in [7, 11) is 0. The van der Waals surface area contributed by atoms with Crippen LogP contribution in [0.5, 0.6) is 0 Å². The van der Waals surface area contributed by atoms with Crippen molar-refractivity contribution in [3.8, 4) is 0 Å². The molecule has 0 heterocycles. The van der Waals surface area contributed by atoms with Crippen LogP contribution >= 0.6 is 0 Å². The third-order valence-corrected chi connectivity index (χ3v) is 6.07. The third-order valence-electron chi connectivity index (χ3n) is 6.07. The Labute approximate surface area is 85.4 Å². The lowest BCUT2D eigenvalue weighted by atomic mass is 9.90. The van der Waals surface area contributed by atoms with Crippen LogP contribution in [0, 0.1) is 35.5 Å². The van der Waals surface area contributed by atoms with Crippen LogP contribution in [0.25, 0.3) is 0 Å². The summed E-state index contributed by atoms with van der Waals surface area (Å²) < 4.78 is 0. The van der Waals surface area contributed by atoms with E-state index in [0.29, 0.717) is 12.1 Å². The molecule has 14 heavy (non-hydrogen) atoms. The summed E-state index contributed by atoms with van der Waals surface area (Å²) in [4.78, 5) is 0. The number of hydrogen-bond acceptors (Lipinski definition) is 2. The van der Waals surface area contributed by atoms with Crippen LogP contribution < -0.4 is 11.5 Å². The van der Waals surface area contributed by atoms with Gasteiger partial charge in [-0.3, -0.25) is 0 Å². The SMILES string of the molecule is NC1[C@H]2CC[C@@H]3C(N)[C@@H]4CC[C@H]1C4C23. The van der Waals surface area contributed by atoms with E-state index >= 15 is 0 Å². The molecule has 0 saturated heterocycles. The Kier molecular flexibility index (Phi) is 1.37. The molecule has 0 spiro atoms. The average molecular weight is 192 g/mol. The zero-order valence-electron chi connectivity index (χ0n) is 8.60.